The van der Waals surface area contributed by atoms with Crippen molar-refractivity contribution in [1.29, 1.82) is 0 Å². The van der Waals surface area contributed by atoms with Gasteiger partial charge < -0.3 is 34.2 Å². The van der Waals surface area contributed by atoms with Crippen molar-refractivity contribution in [2.24, 2.45) is 28.8 Å². The number of nitro benzene ring substituents is 1. The Labute approximate surface area is 356 Å². The second-order valence-electron chi connectivity index (χ2n) is 18.1. The van der Waals surface area contributed by atoms with Crippen LogP contribution in [0.25, 0.3) is 0 Å². The average Bonchev–Trinajstić information content (AvgIpc) is 3.75. The lowest BCUT2D eigenvalue weighted by molar-refractivity contribution is -0.384. The molecule has 0 bridgehead atoms. The predicted octanol–water partition coefficient (Wildman–Crippen LogP) is 10.0. The van der Waals surface area contributed by atoms with Crippen molar-refractivity contribution in [1.82, 2.24) is 4.90 Å². The van der Waals surface area contributed by atoms with Gasteiger partial charge in [0.2, 0.25) is 11.7 Å². The fraction of sp³-hybridized carbons (Fsp3) is 0.625. The average molecular weight is 830 g/mol. The third-order valence-electron chi connectivity index (χ3n) is 12.7. The summed E-state index contributed by atoms with van der Waals surface area (Å²) in [6.07, 6.45) is 15.8. The number of aliphatic hydroxyl groups excluding tert-OH is 2. The Hall–Kier alpha value is -4.26. The van der Waals surface area contributed by atoms with Crippen LogP contribution >= 0.6 is 0 Å². The number of oxime groups is 1. The van der Waals surface area contributed by atoms with E-state index in [9.17, 15) is 25.1 Å². The molecule has 1 amide bonds. The minimum Gasteiger partial charge on any atom is -0.459 e. The molecule has 4 aliphatic rings. The lowest BCUT2D eigenvalue weighted by Gasteiger charge is -2.60. The smallest absolute Gasteiger partial charge is 0.273 e. The summed E-state index contributed by atoms with van der Waals surface area (Å²) in [7, 11) is 0. The van der Waals surface area contributed by atoms with Crippen LogP contribution in [0.3, 0.4) is 0 Å². The fourth-order valence-electron chi connectivity index (χ4n) is 10.2. The summed E-state index contributed by atoms with van der Waals surface area (Å²) in [6.45, 7) is 13.0. The molecule has 6 rings (SSSR count). The molecule has 12 heteroatoms. The molecule has 0 saturated heterocycles. The van der Waals surface area contributed by atoms with Gasteiger partial charge in [-0.15, -0.1) is 6.58 Å². The van der Waals surface area contributed by atoms with Crippen molar-refractivity contribution >= 4 is 17.3 Å². The van der Waals surface area contributed by atoms with Gasteiger partial charge in [-0.2, -0.15) is 0 Å². The maximum atomic E-state index is 14.7. The molecule has 6 atom stereocenters. The minimum atomic E-state index is -1.33. The zero-order chi connectivity index (χ0) is 42.9. The summed E-state index contributed by atoms with van der Waals surface area (Å²) in [4.78, 5) is 34.2. The number of hydrogen-bond acceptors (Lipinski definition) is 10. The van der Waals surface area contributed by atoms with Gasteiger partial charge in [0.1, 0.15) is 28.9 Å². The van der Waals surface area contributed by atoms with Crippen LogP contribution in [0.1, 0.15) is 129 Å². The van der Waals surface area contributed by atoms with E-state index in [4.69, 9.17) is 24.2 Å². The summed E-state index contributed by atoms with van der Waals surface area (Å²) in [5, 5.41) is 36.4. The Morgan fingerprint density at radius 1 is 1.05 bits per heavy atom. The number of nitro groups is 1. The molecule has 2 fully saturated rings. The molecule has 1 aliphatic heterocycles. The number of allylic oxidation sites excluding steroid dienone is 1. The van der Waals surface area contributed by atoms with Crippen LogP contribution in [0.15, 0.2) is 71.9 Å². The lowest BCUT2D eigenvalue weighted by Crippen LogP contribution is -2.70. The number of nitrogens with zero attached hydrogens (tertiary/aromatic N) is 3. The summed E-state index contributed by atoms with van der Waals surface area (Å²) in [5.41, 5.74) is 2.01. The first-order valence-corrected chi connectivity index (χ1v) is 22.4. The second kappa shape index (κ2) is 20.5. The molecule has 2 aromatic rings. The van der Waals surface area contributed by atoms with Crippen molar-refractivity contribution in [2.45, 2.75) is 141 Å². The molecule has 2 aromatic carbocycles. The number of fused-ring (bicyclic) bond motifs is 2. The van der Waals surface area contributed by atoms with Crippen LogP contribution in [0.5, 0.6) is 17.2 Å². The van der Waals surface area contributed by atoms with E-state index in [0.29, 0.717) is 55.4 Å². The normalized spacial score (nSPS) is 25.5. The molecule has 0 unspecified atom stereocenters. The number of hydrogen-bond donors (Lipinski definition) is 2. The summed E-state index contributed by atoms with van der Waals surface area (Å²) in [6, 6.07) is 11.3. The maximum Gasteiger partial charge on any atom is 0.273 e. The molecule has 2 N–H and O–H groups in total. The van der Waals surface area contributed by atoms with Gasteiger partial charge in [-0.05, 0) is 107 Å². The van der Waals surface area contributed by atoms with Crippen LogP contribution in [0, 0.1) is 33.8 Å². The highest BCUT2D eigenvalue weighted by atomic mass is 16.7. The Kier molecular flexibility index (Phi) is 15.5. The molecule has 0 spiro atoms. The SMILES string of the molecule is C=CCO[C@@]12Oc3ccc(Oc4cccc([N+](=O)[O-])c4)cc3[C@H]3[C@H](CCCCO)[C@@H](CCCCO)C=C(C(=NOC(C)(C)C)C[C@@H]1N(CCC)C(=O)CCC1CCCC1)[C@H]32. The number of benzene rings is 2. The Morgan fingerprint density at radius 3 is 2.47 bits per heavy atom. The largest absolute Gasteiger partial charge is 0.459 e. The van der Waals surface area contributed by atoms with Crippen molar-refractivity contribution in [2.75, 3.05) is 26.4 Å². The topological polar surface area (TPSA) is 153 Å². The number of rotatable bonds is 21. The second-order valence-corrected chi connectivity index (χ2v) is 18.1. The van der Waals surface area contributed by atoms with Gasteiger partial charge in [0.25, 0.3) is 5.69 Å². The summed E-state index contributed by atoms with van der Waals surface area (Å²) in [5.74, 6) is 0.258. The van der Waals surface area contributed by atoms with Crippen molar-refractivity contribution < 1.29 is 39.0 Å². The van der Waals surface area contributed by atoms with Crippen LogP contribution < -0.4 is 9.47 Å². The molecule has 0 aromatic heterocycles. The molecular weight excluding hydrogens is 763 g/mol. The van der Waals surface area contributed by atoms with E-state index in [0.717, 1.165) is 55.4 Å². The number of unbranched alkanes of at least 4 members (excludes halogenated alkanes) is 2. The lowest BCUT2D eigenvalue weighted by atomic mass is 9.55. The van der Waals surface area contributed by atoms with Gasteiger partial charge in [-0.3, -0.25) is 14.9 Å². The Bertz CT molecular complexity index is 1850. The molecule has 1 heterocycles. The first kappa shape index (κ1) is 45.3. The number of ether oxygens (including phenoxy) is 3. The molecule has 0 radical (unpaired) electrons. The van der Waals surface area contributed by atoms with Gasteiger partial charge >= 0.3 is 0 Å². The Morgan fingerprint density at radius 2 is 1.78 bits per heavy atom. The van der Waals surface area contributed by atoms with Crippen molar-refractivity contribution in [3.63, 3.8) is 0 Å². The summed E-state index contributed by atoms with van der Waals surface area (Å²) < 4.78 is 20.8. The zero-order valence-corrected chi connectivity index (χ0v) is 36.2. The number of carbonyl (C=O) groups is 1. The first-order valence-electron chi connectivity index (χ1n) is 22.4. The zero-order valence-electron chi connectivity index (χ0n) is 36.2. The third-order valence-corrected chi connectivity index (χ3v) is 12.7. The highest BCUT2D eigenvalue weighted by molar-refractivity contribution is 6.03. The quantitative estimate of drug-likeness (QED) is 0.0542. The van der Waals surface area contributed by atoms with E-state index in [2.05, 4.69) is 19.6 Å². The number of amides is 1. The highest BCUT2D eigenvalue weighted by Crippen LogP contribution is 2.62. The number of carbonyl (C=O) groups excluding carboxylic acids is 1. The van der Waals surface area contributed by atoms with E-state index < -0.39 is 28.3 Å². The van der Waals surface area contributed by atoms with Gasteiger partial charge in [0.15, 0.2) is 0 Å². The van der Waals surface area contributed by atoms with Crippen LogP contribution in [0.2, 0.25) is 0 Å². The van der Waals surface area contributed by atoms with Crippen molar-refractivity contribution in [3.8, 4) is 17.2 Å². The molecular formula is C48H67N3O9. The molecule has 328 valence electrons. The molecule has 12 nitrogen and oxygen atoms in total. The maximum absolute atomic E-state index is 14.7. The number of aliphatic hydroxyl groups is 2. The third kappa shape index (κ3) is 10.4. The number of non-ortho nitro benzene ring substituents is 1. The van der Waals surface area contributed by atoms with E-state index in [1.165, 1.54) is 37.8 Å². The monoisotopic (exact) mass is 829 g/mol. The Balaban J connectivity index is 1.56. The molecule has 60 heavy (non-hydrogen) atoms. The van der Waals surface area contributed by atoms with E-state index >= 15 is 0 Å². The highest BCUT2D eigenvalue weighted by Gasteiger charge is 2.65. The van der Waals surface area contributed by atoms with E-state index in [1.807, 2.05) is 43.9 Å². The standard InChI is InChI=1S/C48H67N3O9/c1-6-25-50(44(54)24-21-33-15-8-9-16-33)43-32-41(49-60-47(3,4)5)39-29-34(17-10-12-26-52)38(20-11-13-27-53)45-40-31-37(58-36-19-14-18-35(30-36)51(55)56)22-23-42(40)59-48(43,46(39)45)57-28-7-2/h7,14,18-19,22-23,29-31,33-34,38,43,45-46,52-53H,2,6,8-13,15-17,20-21,24-28,32H2,1,3-5H3/t34-,38+,43-,45+,46+,48+/m0/s1. The summed E-state index contributed by atoms with van der Waals surface area (Å²) >= 11 is 0. The van der Waals surface area contributed by atoms with Crippen LogP contribution in [-0.2, 0) is 14.4 Å². The predicted molar refractivity (Wildman–Crippen MR) is 232 cm³/mol. The molecule has 2 saturated carbocycles. The van der Waals surface area contributed by atoms with Gasteiger partial charge in [0, 0.05) is 50.1 Å². The molecule has 3 aliphatic carbocycles. The first-order chi connectivity index (χ1) is 28.9. The van der Waals surface area contributed by atoms with Gasteiger partial charge in [-0.25, -0.2) is 0 Å². The van der Waals surface area contributed by atoms with Crippen LogP contribution in [0.4, 0.5) is 5.69 Å². The van der Waals surface area contributed by atoms with Gasteiger partial charge in [-0.1, -0.05) is 68.8 Å². The van der Waals surface area contributed by atoms with E-state index in [-0.39, 0.29) is 49.2 Å². The van der Waals surface area contributed by atoms with E-state index in [1.54, 1.807) is 18.2 Å². The van der Waals surface area contributed by atoms with Crippen LogP contribution in [-0.4, -0.2) is 75.5 Å². The van der Waals surface area contributed by atoms with Gasteiger partial charge in [0.05, 0.1) is 29.2 Å². The minimum absolute atomic E-state index is 0.0487. The fourth-order valence-corrected chi connectivity index (χ4v) is 10.2. The van der Waals surface area contributed by atoms with Crippen molar-refractivity contribution in [3.05, 3.63) is 82.4 Å².